The van der Waals surface area contributed by atoms with Crippen LogP contribution in [0.2, 0.25) is 0 Å². The van der Waals surface area contributed by atoms with Crippen LogP contribution in [0.3, 0.4) is 0 Å². The first-order valence-corrected chi connectivity index (χ1v) is 8.65. The molecule has 2 N–H and O–H groups in total. The molecule has 1 unspecified atom stereocenters. The first-order chi connectivity index (χ1) is 9.40. The van der Waals surface area contributed by atoms with E-state index < -0.39 is 10.0 Å². The quantitative estimate of drug-likeness (QED) is 0.883. The smallest absolute Gasteiger partial charge is 0.244 e. The fourth-order valence-corrected chi connectivity index (χ4v) is 4.88. The summed E-state index contributed by atoms with van der Waals surface area (Å²) in [7, 11) is -1.91. The molecule has 1 aromatic rings. The molecule has 0 saturated carbocycles. The van der Waals surface area contributed by atoms with Crippen molar-refractivity contribution in [2.75, 3.05) is 20.2 Å². The van der Waals surface area contributed by atoms with Gasteiger partial charge in [-0.15, -0.1) is 0 Å². The van der Waals surface area contributed by atoms with Gasteiger partial charge in [0.25, 0.3) is 0 Å². The molecule has 1 heterocycles. The molecule has 5 nitrogen and oxygen atoms in total. The van der Waals surface area contributed by atoms with Crippen LogP contribution in [0.25, 0.3) is 0 Å². The van der Waals surface area contributed by atoms with E-state index in [-0.39, 0.29) is 11.0 Å². The van der Waals surface area contributed by atoms with Gasteiger partial charge in [-0.1, -0.05) is 6.07 Å². The summed E-state index contributed by atoms with van der Waals surface area (Å²) < 4.78 is 32.8. The monoisotopic (exact) mass is 362 g/mol. The highest BCUT2D eigenvalue weighted by atomic mass is 79.9. The van der Waals surface area contributed by atoms with Crippen molar-refractivity contribution >= 4 is 26.0 Å². The number of sulfonamides is 1. The summed E-state index contributed by atoms with van der Waals surface area (Å²) in [6, 6.07) is 3.54. The zero-order chi connectivity index (χ0) is 14.9. The Morgan fingerprint density at radius 2 is 2.20 bits per heavy atom. The van der Waals surface area contributed by atoms with Crippen LogP contribution < -0.4 is 5.73 Å². The summed E-state index contributed by atoms with van der Waals surface area (Å²) >= 11 is 3.38. The van der Waals surface area contributed by atoms with Gasteiger partial charge in [-0.2, -0.15) is 4.31 Å². The number of hydrogen-bond acceptors (Lipinski definition) is 4. The van der Waals surface area contributed by atoms with Crippen LogP contribution in [0.4, 0.5) is 0 Å². The minimum absolute atomic E-state index is 0.0256. The second-order valence-electron chi connectivity index (χ2n) is 4.94. The predicted octanol–water partition coefficient (Wildman–Crippen LogP) is 1.63. The van der Waals surface area contributed by atoms with E-state index in [1.165, 1.54) is 4.31 Å². The number of benzene rings is 1. The molecule has 0 amide bonds. The summed E-state index contributed by atoms with van der Waals surface area (Å²) in [5.41, 5.74) is 7.32. The van der Waals surface area contributed by atoms with Gasteiger partial charge in [0.1, 0.15) is 0 Å². The maximum atomic E-state index is 12.7. The largest absolute Gasteiger partial charge is 0.380 e. The van der Waals surface area contributed by atoms with Gasteiger partial charge in [-0.3, -0.25) is 0 Å². The number of hydrogen-bond donors (Lipinski definition) is 1. The highest BCUT2D eigenvalue weighted by molar-refractivity contribution is 9.10. The summed E-state index contributed by atoms with van der Waals surface area (Å²) in [6.45, 7) is 3.07. The molecule has 112 valence electrons. The van der Waals surface area contributed by atoms with Crippen molar-refractivity contribution in [2.24, 2.45) is 5.73 Å². The fraction of sp³-hybridized carbons (Fsp3) is 0.538. The van der Waals surface area contributed by atoms with E-state index in [0.29, 0.717) is 24.1 Å². The van der Waals surface area contributed by atoms with Crippen molar-refractivity contribution in [3.05, 3.63) is 27.7 Å². The fourth-order valence-electron chi connectivity index (χ4n) is 2.36. The van der Waals surface area contributed by atoms with Crippen molar-refractivity contribution in [1.82, 2.24) is 4.31 Å². The second kappa shape index (κ2) is 6.11. The van der Waals surface area contributed by atoms with Gasteiger partial charge in [-0.25, -0.2) is 8.42 Å². The third-order valence-electron chi connectivity index (χ3n) is 3.58. The van der Waals surface area contributed by atoms with Gasteiger partial charge in [0.05, 0.1) is 11.0 Å². The van der Waals surface area contributed by atoms with Crippen LogP contribution in [0, 0.1) is 6.92 Å². The number of nitrogens with zero attached hydrogens (tertiary/aromatic N) is 1. The van der Waals surface area contributed by atoms with Crippen LogP contribution in [0.15, 0.2) is 21.5 Å². The Morgan fingerprint density at radius 1 is 1.50 bits per heavy atom. The highest BCUT2D eigenvalue weighted by Gasteiger charge is 2.34. The minimum atomic E-state index is -3.52. The maximum Gasteiger partial charge on any atom is 0.244 e. The lowest BCUT2D eigenvalue weighted by Gasteiger charge is -2.19. The number of halogens is 1. The third-order valence-corrected chi connectivity index (χ3v) is 6.78. The second-order valence-corrected chi connectivity index (χ2v) is 7.64. The first-order valence-electron chi connectivity index (χ1n) is 6.42. The molecule has 7 heteroatoms. The standard InChI is InChI=1S/C13H19BrN2O3S/c1-9-5-10(7-15)6-12(13(9)14)20(17,18)16-4-3-11(8-16)19-2/h5-6,11H,3-4,7-8,15H2,1-2H3. The number of aryl methyl sites for hydroxylation is 1. The number of rotatable bonds is 4. The van der Waals surface area contributed by atoms with Crippen LogP contribution in [0.5, 0.6) is 0 Å². The van der Waals surface area contributed by atoms with E-state index in [0.717, 1.165) is 17.5 Å². The normalized spacial score (nSPS) is 20.5. The average Bonchev–Trinajstić information content (AvgIpc) is 2.91. The van der Waals surface area contributed by atoms with Crippen LogP contribution in [-0.2, 0) is 21.3 Å². The first kappa shape index (κ1) is 15.9. The molecular weight excluding hydrogens is 344 g/mol. The molecular formula is C13H19BrN2O3S. The molecule has 1 aliphatic heterocycles. The zero-order valence-corrected chi connectivity index (χ0v) is 14.0. The lowest BCUT2D eigenvalue weighted by Crippen LogP contribution is -2.30. The van der Waals surface area contributed by atoms with Gasteiger partial charge in [0.15, 0.2) is 0 Å². The topological polar surface area (TPSA) is 72.6 Å². The molecule has 0 aromatic heterocycles. The van der Waals surface area contributed by atoms with Gasteiger partial charge < -0.3 is 10.5 Å². The number of ether oxygens (including phenoxy) is 1. The van der Waals surface area contributed by atoms with Crippen molar-refractivity contribution in [2.45, 2.75) is 30.9 Å². The Bertz CT molecular complexity index is 604. The van der Waals surface area contributed by atoms with E-state index in [1.807, 2.05) is 13.0 Å². The lowest BCUT2D eigenvalue weighted by molar-refractivity contribution is 0.115. The SMILES string of the molecule is COC1CCN(S(=O)(=O)c2cc(CN)cc(C)c2Br)C1. The molecule has 0 aliphatic carbocycles. The van der Waals surface area contributed by atoms with Crippen molar-refractivity contribution in [3.8, 4) is 0 Å². The molecule has 1 saturated heterocycles. The number of nitrogens with two attached hydrogens (primary N) is 1. The van der Waals surface area contributed by atoms with Crippen molar-refractivity contribution in [3.63, 3.8) is 0 Å². The van der Waals surface area contributed by atoms with Crippen LogP contribution in [-0.4, -0.2) is 39.0 Å². The number of methoxy groups -OCH3 is 1. The highest BCUT2D eigenvalue weighted by Crippen LogP contribution is 2.31. The van der Waals surface area contributed by atoms with E-state index >= 15 is 0 Å². The Balaban J connectivity index is 2.42. The summed E-state index contributed by atoms with van der Waals surface area (Å²) in [5, 5.41) is 0. The van der Waals surface area contributed by atoms with Gasteiger partial charge in [0.2, 0.25) is 10.0 Å². The van der Waals surface area contributed by atoms with E-state index in [9.17, 15) is 8.42 Å². The summed E-state index contributed by atoms with van der Waals surface area (Å²) in [6.07, 6.45) is 0.699. The summed E-state index contributed by atoms with van der Waals surface area (Å²) in [5.74, 6) is 0. The summed E-state index contributed by atoms with van der Waals surface area (Å²) in [4.78, 5) is 0.287. The molecule has 1 aliphatic rings. The van der Waals surface area contributed by atoms with E-state index in [2.05, 4.69) is 15.9 Å². The van der Waals surface area contributed by atoms with E-state index in [4.69, 9.17) is 10.5 Å². The Kier molecular flexibility index (Phi) is 4.86. The van der Waals surface area contributed by atoms with E-state index in [1.54, 1.807) is 13.2 Å². The van der Waals surface area contributed by atoms with Crippen molar-refractivity contribution < 1.29 is 13.2 Å². The van der Waals surface area contributed by atoms with Gasteiger partial charge >= 0.3 is 0 Å². The average molecular weight is 363 g/mol. The third kappa shape index (κ3) is 2.92. The molecule has 0 bridgehead atoms. The molecule has 0 radical (unpaired) electrons. The minimum Gasteiger partial charge on any atom is -0.380 e. The lowest BCUT2D eigenvalue weighted by atomic mass is 10.1. The molecule has 2 rings (SSSR count). The zero-order valence-electron chi connectivity index (χ0n) is 11.6. The molecule has 1 fully saturated rings. The van der Waals surface area contributed by atoms with Crippen LogP contribution >= 0.6 is 15.9 Å². The van der Waals surface area contributed by atoms with Gasteiger partial charge in [-0.05, 0) is 46.5 Å². The van der Waals surface area contributed by atoms with Gasteiger partial charge in [0, 0.05) is 31.2 Å². The molecule has 1 aromatic carbocycles. The Labute approximate surface area is 128 Å². The Hall–Kier alpha value is -0.470. The maximum absolute atomic E-state index is 12.7. The van der Waals surface area contributed by atoms with Crippen molar-refractivity contribution in [1.29, 1.82) is 0 Å². The predicted molar refractivity (Wildman–Crippen MR) is 80.9 cm³/mol. The molecule has 0 spiro atoms. The van der Waals surface area contributed by atoms with Crippen LogP contribution in [0.1, 0.15) is 17.5 Å². The molecule has 20 heavy (non-hydrogen) atoms. The Morgan fingerprint density at radius 3 is 2.75 bits per heavy atom. The molecule has 1 atom stereocenters.